The van der Waals surface area contributed by atoms with E-state index in [1.807, 2.05) is 0 Å². The van der Waals surface area contributed by atoms with Crippen molar-refractivity contribution in [3.05, 3.63) is 41.6 Å². The van der Waals surface area contributed by atoms with Gasteiger partial charge >= 0.3 is 18.0 Å². The number of nitrogens with one attached hydrogen (secondary N) is 1. The summed E-state index contributed by atoms with van der Waals surface area (Å²) in [5.74, 6) is -0.984. The molecule has 9 heteroatoms. The Morgan fingerprint density at radius 3 is 2.30 bits per heavy atom. The number of methoxy groups -OCH3 is 2. The predicted octanol–water partition coefficient (Wildman–Crippen LogP) is 4.27. The number of hydrogen-bond acceptors (Lipinski definition) is 8. The van der Waals surface area contributed by atoms with E-state index < -0.39 is 23.6 Å². The van der Waals surface area contributed by atoms with Gasteiger partial charge in [0, 0.05) is 36.1 Å². The van der Waals surface area contributed by atoms with Crippen LogP contribution >= 0.6 is 0 Å². The van der Waals surface area contributed by atoms with Crippen LogP contribution in [0, 0.1) is 0 Å². The Morgan fingerprint density at radius 1 is 1.06 bits per heavy atom. The number of benzene rings is 1. The first kappa shape index (κ1) is 24.0. The van der Waals surface area contributed by atoms with Crippen LogP contribution in [-0.4, -0.2) is 55.9 Å². The highest BCUT2D eigenvalue weighted by molar-refractivity contribution is 6.07. The number of carbonyl (C=O) groups is 3. The zero-order chi connectivity index (χ0) is 24.3. The third-order valence-electron chi connectivity index (χ3n) is 4.99. The Balaban J connectivity index is 2.11. The number of anilines is 2. The molecule has 1 amide bonds. The summed E-state index contributed by atoms with van der Waals surface area (Å²) in [6.45, 7) is 5.27. The monoisotopic (exact) mass is 455 g/mol. The summed E-state index contributed by atoms with van der Waals surface area (Å²) in [5, 5.41) is 3.33. The highest BCUT2D eigenvalue weighted by atomic mass is 16.6. The van der Waals surface area contributed by atoms with E-state index in [1.165, 1.54) is 38.4 Å². The van der Waals surface area contributed by atoms with Crippen LogP contribution < -0.4 is 10.2 Å². The molecule has 3 rings (SSSR count). The third kappa shape index (κ3) is 5.60. The number of pyridine rings is 1. The summed E-state index contributed by atoms with van der Waals surface area (Å²) in [5.41, 5.74) is 1.21. The van der Waals surface area contributed by atoms with Crippen LogP contribution in [0.2, 0.25) is 0 Å². The third-order valence-corrected chi connectivity index (χ3v) is 4.99. The molecule has 176 valence electrons. The van der Waals surface area contributed by atoms with Crippen molar-refractivity contribution in [1.29, 1.82) is 0 Å². The van der Waals surface area contributed by atoms with Crippen LogP contribution in [0.1, 0.15) is 54.3 Å². The first-order chi connectivity index (χ1) is 15.6. The number of hydrogen-bond donors (Lipinski definition) is 1. The molecule has 1 aliphatic carbocycles. The molecule has 1 N–H and O–H groups in total. The number of esters is 2. The van der Waals surface area contributed by atoms with Gasteiger partial charge in [0.2, 0.25) is 0 Å². The Bertz CT molecular complexity index is 1070. The zero-order valence-electron chi connectivity index (χ0n) is 19.7. The highest BCUT2D eigenvalue weighted by Crippen LogP contribution is 2.35. The molecule has 0 radical (unpaired) electrons. The fourth-order valence-electron chi connectivity index (χ4n) is 3.21. The van der Waals surface area contributed by atoms with E-state index in [2.05, 4.69) is 10.3 Å². The molecular weight excluding hydrogens is 426 g/mol. The van der Waals surface area contributed by atoms with Crippen LogP contribution in [-0.2, 0) is 14.2 Å². The van der Waals surface area contributed by atoms with E-state index in [1.54, 1.807) is 39.0 Å². The molecule has 0 aliphatic heterocycles. The van der Waals surface area contributed by atoms with E-state index >= 15 is 0 Å². The fraction of sp³-hybridized carbons (Fsp3) is 0.417. The number of aromatic nitrogens is 1. The van der Waals surface area contributed by atoms with Crippen molar-refractivity contribution in [2.75, 3.05) is 31.5 Å². The Labute approximate surface area is 193 Å². The van der Waals surface area contributed by atoms with Gasteiger partial charge in [0.1, 0.15) is 11.4 Å². The van der Waals surface area contributed by atoms with Gasteiger partial charge in [0.25, 0.3) is 0 Å². The summed E-state index contributed by atoms with van der Waals surface area (Å²) in [4.78, 5) is 43.4. The second-order valence-electron chi connectivity index (χ2n) is 8.76. The van der Waals surface area contributed by atoms with Gasteiger partial charge in [0.15, 0.2) is 0 Å². The van der Waals surface area contributed by atoms with Gasteiger partial charge in [0.05, 0.1) is 25.3 Å². The van der Waals surface area contributed by atoms with E-state index in [0.29, 0.717) is 28.4 Å². The van der Waals surface area contributed by atoms with E-state index in [4.69, 9.17) is 14.2 Å². The topological polar surface area (TPSA) is 107 Å². The van der Waals surface area contributed by atoms with Crippen LogP contribution in [0.5, 0.6) is 0 Å². The maximum absolute atomic E-state index is 12.7. The van der Waals surface area contributed by atoms with Crippen molar-refractivity contribution in [3.8, 4) is 11.1 Å². The van der Waals surface area contributed by atoms with Crippen molar-refractivity contribution in [2.24, 2.45) is 0 Å². The molecule has 0 atom stereocenters. The molecule has 0 spiro atoms. The number of nitrogens with zero attached hydrogens (tertiary/aromatic N) is 2. The lowest BCUT2D eigenvalue weighted by Gasteiger charge is -2.24. The number of carbonyl (C=O) groups excluding carboxylic acids is 3. The van der Waals surface area contributed by atoms with E-state index in [9.17, 15) is 14.4 Å². The summed E-state index contributed by atoms with van der Waals surface area (Å²) >= 11 is 0. The van der Waals surface area contributed by atoms with Crippen LogP contribution in [0.25, 0.3) is 11.1 Å². The van der Waals surface area contributed by atoms with Gasteiger partial charge in [-0.25, -0.2) is 19.4 Å². The smallest absolute Gasteiger partial charge is 0.415 e. The minimum atomic E-state index is -0.694. The summed E-state index contributed by atoms with van der Waals surface area (Å²) in [6.07, 6.45) is 2.85. The minimum absolute atomic E-state index is 0.145. The molecule has 1 fully saturated rings. The molecule has 33 heavy (non-hydrogen) atoms. The average molecular weight is 456 g/mol. The molecule has 0 unspecified atom stereocenters. The van der Waals surface area contributed by atoms with Gasteiger partial charge in [-0.05, 0) is 45.7 Å². The van der Waals surface area contributed by atoms with E-state index in [-0.39, 0.29) is 11.4 Å². The Hall–Kier alpha value is -3.62. The van der Waals surface area contributed by atoms with Gasteiger partial charge in [-0.15, -0.1) is 0 Å². The van der Waals surface area contributed by atoms with Crippen molar-refractivity contribution < 1.29 is 28.6 Å². The van der Waals surface area contributed by atoms with Gasteiger partial charge in [-0.3, -0.25) is 4.90 Å². The molecule has 2 aromatic rings. The summed E-state index contributed by atoms with van der Waals surface area (Å²) in [6, 6.07) is 7.03. The second-order valence-corrected chi connectivity index (χ2v) is 8.76. The normalized spacial score (nSPS) is 13.2. The molecule has 0 bridgehead atoms. The van der Waals surface area contributed by atoms with Crippen LogP contribution in [0.3, 0.4) is 0 Å². The largest absolute Gasteiger partial charge is 0.465 e. The maximum atomic E-state index is 12.7. The van der Waals surface area contributed by atoms with Crippen molar-refractivity contribution >= 4 is 29.5 Å². The van der Waals surface area contributed by atoms with Crippen molar-refractivity contribution in [1.82, 2.24) is 4.98 Å². The van der Waals surface area contributed by atoms with E-state index in [0.717, 1.165) is 12.8 Å². The van der Waals surface area contributed by atoms with Crippen molar-refractivity contribution in [2.45, 2.75) is 45.3 Å². The Morgan fingerprint density at radius 2 is 1.73 bits per heavy atom. The number of ether oxygens (including phenoxy) is 3. The van der Waals surface area contributed by atoms with Gasteiger partial charge in [-0.2, -0.15) is 0 Å². The molecule has 1 saturated carbocycles. The molecule has 1 aromatic heterocycles. The first-order valence-electron chi connectivity index (χ1n) is 10.6. The van der Waals surface area contributed by atoms with Gasteiger partial charge < -0.3 is 19.5 Å². The first-order valence-corrected chi connectivity index (χ1v) is 10.6. The zero-order valence-corrected chi connectivity index (χ0v) is 19.7. The fourth-order valence-corrected chi connectivity index (χ4v) is 3.21. The summed E-state index contributed by atoms with van der Waals surface area (Å²) < 4.78 is 15.4. The maximum Gasteiger partial charge on any atom is 0.415 e. The van der Waals surface area contributed by atoms with Crippen molar-refractivity contribution in [3.63, 3.8) is 0 Å². The number of amides is 1. The lowest BCUT2D eigenvalue weighted by Crippen LogP contribution is -2.34. The molecule has 0 saturated heterocycles. The average Bonchev–Trinajstić information content (AvgIpc) is 3.59. The van der Waals surface area contributed by atoms with Crippen LogP contribution in [0.4, 0.5) is 16.3 Å². The lowest BCUT2D eigenvalue weighted by atomic mass is 9.95. The van der Waals surface area contributed by atoms with Gasteiger partial charge in [-0.1, -0.05) is 12.1 Å². The minimum Gasteiger partial charge on any atom is -0.465 e. The lowest BCUT2D eigenvalue weighted by molar-refractivity contribution is 0.0579. The molecule has 1 aliphatic rings. The molecule has 9 nitrogen and oxygen atoms in total. The van der Waals surface area contributed by atoms with Crippen LogP contribution in [0.15, 0.2) is 30.5 Å². The summed E-state index contributed by atoms with van der Waals surface area (Å²) in [7, 11) is 4.06. The Kier molecular flexibility index (Phi) is 6.90. The number of rotatable bonds is 6. The molecule has 1 heterocycles. The highest BCUT2D eigenvalue weighted by Gasteiger charge is 2.28. The molecular formula is C24H29N3O6. The molecule has 1 aromatic carbocycles. The predicted molar refractivity (Wildman–Crippen MR) is 124 cm³/mol. The SMILES string of the molecule is COC(=O)c1cc(N(C)C(=O)OC(C)(C)C)ncc1-c1cccc(NC2CC2)c1C(=O)OC. The standard InChI is InChI=1S/C24H29N3O6/c1-24(2,3)33-23(30)27(4)19-12-16(21(28)31-5)17(13-25-19)15-8-7-9-18(26-14-10-11-14)20(15)22(29)32-6/h7-9,12-14,26H,10-11H2,1-6H3. The quantitative estimate of drug-likeness (QED) is 0.508. The second kappa shape index (κ2) is 9.48.